The summed E-state index contributed by atoms with van der Waals surface area (Å²) >= 11 is 0. The first-order chi connectivity index (χ1) is 25.2. The van der Waals surface area contributed by atoms with Gasteiger partial charge in [-0.3, -0.25) is 9.59 Å². The van der Waals surface area contributed by atoms with Crippen LogP contribution in [0.15, 0.2) is 12.2 Å². The Kier molecular flexibility index (Phi) is 13.3. The van der Waals surface area contributed by atoms with Crippen molar-refractivity contribution < 1.29 is 53.7 Å². The average molecular weight is 765 g/mol. The van der Waals surface area contributed by atoms with Gasteiger partial charge in [-0.1, -0.05) is 62.3 Å². The van der Waals surface area contributed by atoms with Crippen LogP contribution in [0.4, 0.5) is 0 Å². The molecule has 5 aliphatic rings. The predicted octanol–water partition coefficient (Wildman–Crippen LogP) is 6.43. The number of aliphatic hydroxyl groups excluding tert-OH is 2. The maximum absolute atomic E-state index is 14.5. The Bertz CT molecular complexity index is 1360. The van der Waals surface area contributed by atoms with Crippen molar-refractivity contribution in [3.8, 4) is 0 Å². The number of carbonyl (C=O) groups excluding carboxylic acids is 1. The molecule has 0 aromatic rings. The van der Waals surface area contributed by atoms with Gasteiger partial charge in [-0.2, -0.15) is 0 Å². The van der Waals surface area contributed by atoms with E-state index in [4.69, 9.17) is 23.7 Å². The van der Waals surface area contributed by atoms with Crippen molar-refractivity contribution >= 4 is 11.8 Å². The third-order valence-electron chi connectivity index (χ3n) is 14.8. The Labute approximate surface area is 323 Å². The number of carbonyl (C=O) groups is 2. The number of hydrogen-bond donors (Lipinski definition) is 4. The second kappa shape index (κ2) is 16.4. The first kappa shape index (κ1) is 43.7. The Hall–Kier alpha value is -1.44. The fourth-order valence-electron chi connectivity index (χ4n) is 10.9. The van der Waals surface area contributed by atoms with E-state index in [9.17, 15) is 30.0 Å². The van der Waals surface area contributed by atoms with Crippen LogP contribution in [0.3, 0.4) is 0 Å². The van der Waals surface area contributed by atoms with Gasteiger partial charge in [-0.15, -0.1) is 0 Å². The summed E-state index contributed by atoms with van der Waals surface area (Å²) in [4.78, 5) is 26.6. The zero-order chi connectivity index (χ0) is 40.1. The highest BCUT2D eigenvalue weighted by molar-refractivity contribution is 5.84. The van der Waals surface area contributed by atoms with Gasteiger partial charge in [-0.05, 0) is 95.1 Å². The van der Waals surface area contributed by atoms with Gasteiger partial charge in [0, 0.05) is 30.1 Å². The molecule has 2 spiro atoms. The van der Waals surface area contributed by atoms with Crippen molar-refractivity contribution in [1.29, 1.82) is 0 Å². The molecule has 4 fully saturated rings. The van der Waals surface area contributed by atoms with Crippen molar-refractivity contribution in [3.05, 3.63) is 12.2 Å². The molecule has 5 heterocycles. The smallest absolute Gasteiger partial charge is 0.309 e. The lowest BCUT2D eigenvalue weighted by atomic mass is 9.72. The fourth-order valence-corrected chi connectivity index (χ4v) is 10.9. The van der Waals surface area contributed by atoms with Gasteiger partial charge in [0.05, 0.1) is 53.7 Å². The summed E-state index contributed by atoms with van der Waals surface area (Å²) in [6.45, 7) is 21.7. The third kappa shape index (κ3) is 7.88. The number of carboxylic acid groups (broad SMARTS) is 1. The lowest BCUT2D eigenvalue weighted by molar-refractivity contribution is -0.409. The topological polar surface area (TPSA) is 161 Å². The highest BCUT2D eigenvalue weighted by atomic mass is 16.8. The highest BCUT2D eigenvalue weighted by Gasteiger charge is 2.63. The lowest BCUT2D eigenvalue weighted by Gasteiger charge is -2.54. The molecule has 11 heteroatoms. The molecule has 310 valence electrons. The molecule has 0 aromatic carbocycles. The molecule has 0 saturated carbocycles. The second-order valence-corrected chi connectivity index (χ2v) is 18.5. The van der Waals surface area contributed by atoms with Gasteiger partial charge in [-0.25, -0.2) is 0 Å². The van der Waals surface area contributed by atoms with Crippen LogP contribution in [-0.2, 0) is 33.3 Å². The predicted molar refractivity (Wildman–Crippen MR) is 203 cm³/mol. The molecule has 5 aliphatic heterocycles. The molecule has 0 aliphatic carbocycles. The van der Waals surface area contributed by atoms with Crippen LogP contribution in [0.2, 0.25) is 0 Å². The van der Waals surface area contributed by atoms with Gasteiger partial charge >= 0.3 is 5.97 Å². The van der Waals surface area contributed by atoms with E-state index in [2.05, 4.69) is 20.8 Å². The molecule has 54 heavy (non-hydrogen) atoms. The van der Waals surface area contributed by atoms with Crippen molar-refractivity contribution in [1.82, 2.24) is 0 Å². The standard InChI is InChI=1S/C43H72O11/c1-12-30(35(46)27(8)34(45)28(9)36-23(4)21-24(5)37(51-36)31(13-2)39(47)48)38-25(6)22-26(7)42(52-38)18-15-32(44)43(54-42)20-19-40(11,53-43)33-16-17-41(49,14-3)29(10)50-33/h15,18,23-34,36-38,44-45,49H,12-14,16-17,19-22H2,1-11H3,(H,47,48)/t23-,24-,25-,26+,27-,28-,29-,30-,31+,32+,33+,34+,36+,37+,38+,40-,41+,42-,43-/m0/s1. The number of hydrogen-bond acceptors (Lipinski definition) is 10. The van der Waals surface area contributed by atoms with E-state index in [1.807, 2.05) is 48.5 Å². The third-order valence-corrected chi connectivity index (χ3v) is 14.8. The molecule has 19 atom stereocenters. The summed E-state index contributed by atoms with van der Waals surface area (Å²) in [6, 6.07) is 0. The van der Waals surface area contributed by atoms with Crippen LogP contribution in [0.25, 0.3) is 0 Å². The number of ketones is 1. The van der Waals surface area contributed by atoms with Crippen LogP contribution >= 0.6 is 0 Å². The van der Waals surface area contributed by atoms with E-state index in [-0.39, 0.29) is 47.8 Å². The van der Waals surface area contributed by atoms with Gasteiger partial charge in [0.2, 0.25) is 5.79 Å². The quantitative estimate of drug-likeness (QED) is 0.162. The van der Waals surface area contributed by atoms with Gasteiger partial charge in [0.1, 0.15) is 11.9 Å². The van der Waals surface area contributed by atoms with Crippen LogP contribution < -0.4 is 0 Å². The minimum Gasteiger partial charge on any atom is -0.481 e. The zero-order valence-corrected chi connectivity index (χ0v) is 34.8. The number of carboxylic acids is 1. The number of aliphatic hydroxyl groups is 3. The molecule has 0 bridgehead atoms. The van der Waals surface area contributed by atoms with Crippen LogP contribution in [0.5, 0.6) is 0 Å². The summed E-state index contributed by atoms with van der Waals surface area (Å²) in [5.74, 6) is -5.80. The summed E-state index contributed by atoms with van der Waals surface area (Å²) in [6.07, 6.45) is 4.75. The molecule has 4 N–H and O–H groups in total. The van der Waals surface area contributed by atoms with Crippen molar-refractivity contribution in [2.24, 2.45) is 47.3 Å². The normalized spacial score (nSPS) is 46.9. The first-order valence-corrected chi connectivity index (χ1v) is 21.1. The van der Waals surface area contributed by atoms with Crippen molar-refractivity contribution in [2.75, 3.05) is 0 Å². The van der Waals surface area contributed by atoms with E-state index in [1.54, 1.807) is 19.1 Å². The number of Topliss-reactive ketones (excluding diaryl/α,β-unsaturated/α-hetero) is 1. The Balaban J connectivity index is 1.32. The van der Waals surface area contributed by atoms with Crippen molar-refractivity contribution in [2.45, 2.75) is 199 Å². The molecule has 4 saturated heterocycles. The molecule has 11 nitrogen and oxygen atoms in total. The molecular formula is C43H72O11. The number of rotatable bonds is 12. The van der Waals surface area contributed by atoms with E-state index in [0.717, 1.165) is 6.42 Å². The van der Waals surface area contributed by atoms with E-state index < -0.39 is 76.8 Å². The summed E-state index contributed by atoms with van der Waals surface area (Å²) < 4.78 is 33.6. The fraction of sp³-hybridized carbons (Fsp3) is 0.907. The van der Waals surface area contributed by atoms with Crippen LogP contribution in [-0.4, -0.2) is 97.7 Å². The molecule has 5 rings (SSSR count). The summed E-state index contributed by atoms with van der Waals surface area (Å²) in [5, 5.41) is 44.2. The molecular weight excluding hydrogens is 692 g/mol. The van der Waals surface area contributed by atoms with Crippen LogP contribution in [0, 0.1) is 47.3 Å². The summed E-state index contributed by atoms with van der Waals surface area (Å²) in [7, 11) is 0. The lowest BCUT2D eigenvalue weighted by Crippen LogP contribution is -2.63. The van der Waals surface area contributed by atoms with Gasteiger partial charge in [0.25, 0.3) is 0 Å². The number of aliphatic carboxylic acids is 1. The van der Waals surface area contributed by atoms with Crippen molar-refractivity contribution in [3.63, 3.8) is 0 Å². The van der Waals surface area contributed by atoms with Crippen LogP contribution in [0.1, 0.15) is 134 Å². The number of ether oxygens (including phenoxy) is 5. The molecule has 0 unspecified atom stereocenters. The Morgan fingerprint density at radius 3 is 2.07 bits per heavy atom. The van der Waals surface area contributed by atoms with E-state index in [0.29, 0.717) is 51.4 Å². The Morgan fingerprint density at radius 1 is 0.852 bits per heavy atom. The minimum absolute atomic E-state index is 0.0104. The first-order valence-electron chi connectivity index (χ1n) is 21.1. The average Bonchev–Trinajstić information content (AvgIpc) is 3.47. The highest BCUT2D eigenvalue weighted by Crippen LogP contribution is 2.54. The maximum Gasteiger partial charge on any atom is 0.309 e. The SMILES string of the molecule is CC[C@@H](C(=O)O)[C@@H]1O[C@@H]([C@@H](C)[C@H](O)[C@H](C)C(=O)[C@H](CC)[C@@H]2O[C@]3(C=C[C@@H](O)[C@]4(CC[C@@](C)([C@H]5CC[C@](O)(CC)[C@H](C)O5)O4)O3)[C@H](C)C[C@@H]2C)[C@@H](C)C[C@@H]1C. The molecule has 0 radical (unpaired) electrons. The summed E-state index contributed by atoms with van der Waals surface area (Å²) in [5.41, 5.74) is -1.63. The Morgan fingerprint density at radius 2 is 1.48 bits per heavy atom. The van der Waals surface area contributed by atoms with E-state index >= 15 is 0 Å². The van der Waals surface area contributed by atoms with E-state index in [1.165, 1.54) is 0 Å². The zero-order valence-electron chi connectivity index (χ0n) is 34.8. The van der Waals surface area contributed by atoms with Gasteiger partial charge in [0.15, 0.2) is 5.79 Å². The van der Waals surface area contributed by atoms with Gasteiger partial charge < -0.3 is 44.1 Å². The monoisotopic (exact) mass is 765 g/mol. The maximum atomic E-state index is 14.5. The minimum atomic E-state index is -1.37. The largest absolute Gasteiger partial charge is 0.481 e. The second-order valence-electron chi connectivity index (χ2n) is 18.5. The molecule has 0 aromatic heterocycles. The molecule has 0 amide bonds.